The lowest BCUT2D eigenvalue weighted by molar-refractivity contribution is 0.669. The van der Waals surface area contributed by atoms with Gasteiger partial charge in [0, 0.05) is 10.8 Å². The first-order valence-electron chi connectivity index (χ1n) is 19.2. The van der Waals surface area contributed by atoms with E-state index in [1.807, 2.05) is 103 Å². The van der Waals surface area contributed by atoms with E-state index in [1.54, 1.807) is 12.1 Å². The molecular formula is C44H28O. The summed E-state index contributed by atoms with van der Waals surface area (Å²) in [7, 11) is 0. The number of rotatable bonds is 4. The lowest BCUT2D eigenvalue weighted by Gasteiger charge is -2.20. The molecule has 0 atom stereocenters. The number of fused-ring (bicyclic) bond motifs is 5. The second-order valence-corrected chi connectivity index (χ2v) is 10.9. The summed E-state index contributed by atoms with van der Waals surface area (Å²) in [5, 5.41) is 4.35. The van der Waals surface area contributed by atoms with Gasteiger partial charge in [0.25, 0.3) is 0 Å². The van der Waals surface area contributed by atoms with Gasteiger partial charge >= 0.3 is 0 Å². The third-order valence-corrected chi connectivity index (χ3v) is 8.42. The predicted octanol–water partition coefficient (Wildman–Crippen LogP) is 12.6. The highest BCUT2D eigenvalue weighted by Crippen LogP contribution is 2.48. The Morgan fingerprint density at radius 2 is 0.956 bits per heavy atom. The fraction of sp³-hybridized carbons (Fsp3) is 0. The van der Waals surface area contributed by atoms with Gasteiger partial charge in [-0.25, -0.2) is 0 Å². The summed E-state index contributed by atoms with van der Waals surface area (Å²) in [5.41, 5.74) is 4.63. The van der Waals surface area contributed by atoms with Crippen molar-refractivity contribution in [2.75, 3.05) is 0 Å². The van der Waals surface area contributed by atoms with Crippen LogP contribution in [0.3, 0.4) is 0 Å². The first kappa shape index (κ1) is 18.0. The average Bonchev–Trinajstić information content (AvgIpc) is 3.56. The standard InChI is InChI=1S/C44H28O/c1-3-14-29(15-4-1)31-18-13-19-32(26-31)43-34-21-7-9-23-36(34)44(37-24-10-8-22-35(37)43)40-28-42-39(33-20-11-12-25-41(33)45-42)27-38(40)30-16-5-2-6-17-30/h1-28H/i2D,5D,6D,13D,16D,17D,18D,19D,26D. The van der Waals surface area contributed by atoms with Crippen LogP contribution in [0.25, 0.3) is 88.0 Å². The molecule has 210 valence electrons. The van der Waals surface area contributed by atoms with Crippen molar-refractivity contribution in [3.05, 3.63) is 170 Å². The third kappa shape index (κ3) is 4.17. The first-order valence-corrected chi connectivity index (χ1v) is 14.7. The monoisotopic (exact) mass is 581 g/mol. The Labute approximate surface area is 274 Å². The molecule has 1 heterocycles. The van der Waals surface area contributed by atoms with E-state index in [4.69, 9.17) is 14.0 Å². The van der Waals surface area contributed by atoms with Crippen LogP contribution in [0.2, 0.25) is 0 Å². The van der Waals surface area contributed by atoms with E-state index >= 15 is 0 Å². The van der Waals surface area contributed by atoms with E-state index in [2.05, 4.69) is 0 Å². The van der Waals surface area contributed by atoms with Crippen LogP contribution in [0.15, 0.2) is 174 Å². The van der Waals surface area contributed by atoms with Gasteiger partial charge in [-0.1, -0.05) is 145 Å². The molecule has 0 amide bonds. The van der Waals surface area contributed by atoms with Crippen molar-refractivity contribution in [1.82, 2.24) is 0 Å². The van der Waals surface area contributed by atoms with Crippen LogP contribution in [0.4, 0.5) is 0 Å². The van der Waals surface area contributed by atoms with Gasteiger partial charge in [-0.3, -0.25) is 0 Å². The topological polar surface area (TPSA) is 13.1 Å². The lowest BCUT2D eigenvalue weighted by atomic mass is 9.83. The maximum Gasteiger partial charge on any atom is 0.136 e. The summed E-state index contributed by atoms with van der Waals surface area (Å²) < 4.78 is 86.4. The number of hydrogen-bond acceptors (Lipinski definition) is 1. The van der Waals surface area contributed by atoms with Gasteiger partial charge in [-0.15, -0.1) is 0 Å². The highest BCUT2D eigenvalue weighted by molar-refractivity contribution is 6.23. The van der Waals surface area contributed by atoms with Crippen molar-refractivity contribution in [2.24, 2.45) is 0 Å². The van der Waals surface area contributed by atoms with Crippen molar-refractivity contribution in [3.8, 4) is 44.5 Å². The molecule has 0 aliphatic carbocycles. The molecule has 9 rings (SSSR count). The molecule has 0 spiro atoms. The Bertz CT molecular complexity index is 2960. The van der Waals surface area contributed by atoms with E-state index in [0.717, 1.165) is 21.5 Å². The van der Waals surface area contributed by atoms with Crippen molar-refractivity contribution < 1.29 is 16.8 Å². The van der Waals surface area contributed by atoms with Gasteiger partial charge < -0.3 is 4.42 Å². The molecule has 0 saturated carbocycles. The molecule has 0 bridgehead atoms. The van der Waals surface area contributed by atoms with E-state index in [0.29, 0.717) is 49.8 Å². The highest BCUT2D eigenvalue weighted by atomic mass is 16.3. The van der Waals surface area contributed by atoms with Gasteiger partial charge in [0.2, 0.25) is 0 Å². The van der Waals surface area contributed by atoms with E-state index in [9.17, 15) is 2.74 Å². The summed E-state index contributed by atoms with van der Waals surface area (Å²) in [6, 6.07) is 32.8. The molecule has 45 heavy (non-hydrogen) atoms. The van der Waals surface area contributed by atoms with Gasteiger partial charge in [-0.2, -0.15) is 0 Å². The molecular weight excluding hydrogens is 544 g/mol. The van der Waals surface area contributed by atoms with Crippen LogP contribution in [-0.4, -0.2) is 0 Å². The fourth-order valence-corrected chi connectivity index (χ4v) is 6.48. The Hall–Kier alpha value is -5.92. The number of furan rings is 1. The third-order valence-electron chi connectivity index (χ3n) is 8.42. The molecule has 0 unspecified atom stereocenters. The van der Waals surface area contributed by atoms with E-state index in [-0.39, 0.29) is 52.9 Å². The number of para-hydroxylation sites is 1. The van der Waals surface area contributed by atoms with E-state index in [1.165, 1.54) is 0 Å². The van der Waals surface area contributed by atoms with Crippen LogP contribution in [0, 0.1) is 0 Å². The zero-order chi connectivity index (χ0) is 37.6. The fourth-order valence-electron chi connectivity index (χ4n) is 6.48. The second-order valence-electron chi connectivity index (χ2n) is 10.9. The average molecular weight is 582 g/mol. The van der Waals surface area contributed by atoms with Crippen molar-refractivity contribution in [1.29, 1.82) is 0 Å². The summed E-state index contributed by atoms with van der Waals surface area (Å²) in [6.45, 7) is 0. The highest BCUT2D eigenvalue weighted by Gasteiger charge is 2.21. The molecule has 1 aromatic heterocycles. The molecule has 0 N–H and O–H groups in total. The Kier molecular flexibility index (Phi) is 4.15. The minimum atomic E-state index is -0.481. The maximum atomic E-state index is 9.53. The zero-order valence-corrected chi connectivity index (χ0v) is 23.9. The molecule has 0 fully saturated rings. The maximum absolute atomic E-state index is 9.53. The van der Waals surface area contributed by atoms with Crippen LogP contribution in [-0.2, 0) is 0 Å². The summed E-state index contributed by atoms with van der Waals surface area (Å²) in [5.74, 6) is 0. The zero-order valence-electron chi connectivity index (χ0n) is 32.9. The summed E-state index contributed by atoms with van der Waals surface area (Å²) in [4.78, 5) is 0. The first-order chi connectivity index (χ1) is 26.1. The minimum absolute atomic E-state index is 0.0289. The van der Waals surface area contributed by atoms with Gasteiger partial charge in [0.15, 0.2) is 0 Å². The Morgan fingerprint density at radius 3 is 1.67 bits per heavy atom. The number of benzene rings is 8. The minimum Gasteiger partial charge on any atom is -0.456 e. The molecule has 0 aliphatic rings. The van der Waals surface area contributed by atoms with Crippen LogP contribution < -0.4 is 0 Å². The Balaban J connectivity index is 1.47. The van der Waals surface area contributed by atoms with E-state index < -0.39 is 18.1 Å². The van der Waals surface area contributed by atoms with Crippen molar-refractivity contribution in [3.63, 3.8) is 0 Å². The van der Waals surface area contributed by atoms with Gasteiger partial charge in [0.05, 0.1) is 12.3 Å². The molecule has 1 heteroatoms. The largest absolute Gasteiger partial charge is 0.456 e. The molecule has 0 radical (unpaired) electrons. The molecule has 0 saturated heterocycles. The summed E-state index contributed by atoms with van der Waals surface area (Å²) >= 11 is 0. The van der Waals surface area contributed by atoms with Crippen LogP contribution >= 0.6 is 0 Å². The number of hydrogen-bond donors (Lipinski definition) is 0. The van der Waals surface area contributed by atoms with Crippen LogP contribution in [0.5, 0.6) is 0 Å². The quantitative estimate of drug-likeness (QED) is 0.188. The second kappa shape index (κ2) is 10.4. The molecule has 0 aliphatic heterocycles. The predicted molar refractivity (Wildman–Crippen MR) is 190 cm³/mol. The van der Waals surface area contributed by atoms with Gasteiger partial charge in [0.1, 0.15) is 11.2 Å². The van der Waals surface area contributed by atoms with Crippen molar-refractivity contribution >= 4 is 43.5 Å². The molecule has 1 nitrogen and oxygen atoms in total. The Morgan fingerprint density at radius 1 is 0.378 bits per heavy atom. The van der Waals surface area contributed by atoms with Crippen molar-refractivity contribution in [2.45, 2.75) is 0 Å². The molecule has 9 aromatic rings. The van der Waals surface area contributed by atoms with Crippen LogP contribution in [0.1, 0.15) is 12.3 Å². The van der Waals surface area contributed by atoms with Gasteiger partial charge in [-0.05, 0) is 90.3 Å². The lowest BCUT2D eigenvalue weighted by Crippen LogP contribution is -1.93. The SMILES string of the molecule is [2H]c1c([2H])c([2H])c(-c2cc3c(cc2-c2c4ccccc4c(-c4c([2H])c([2H])c([2H])c(-c5ccccc5)c4[2H])c4ccccc24)oc2ccccc23)c([2H])c1[2H]. The summed E-state index contributed by atoms with van der Waals surface area (Å²) in [6.07, 6.45) is 0. The smallest absolute Gasteiger partial charge is 0.136 e. The molecule has 8 aromatic carbocycles. The normalized spacial score (nSPS) is 14.4.